The van der Waals surface area contributed by atoms with E-state index in [1.165, 1.54) is 0 Å². The van der Waals surface area contributed by atoms with Gasteiger partial charge in [0.25, 0.3) is 0 Å². The molecule has 0 aliphatic heterocycles. The average Bonchev–Trinajstić information content (AvgIpc) is 2.27. The molecule has 4 nitrogen and oxygen atoms in total. The van der Waals surface area contributed by atoms with Crippen LogP contribution in [0.25, 0.3) is 0 Å². The number of hydrogen-bond donors (Lipinski definition) is 2. The summed E-state index contributed by atoms with van der Waals surface area (Å²) in [6.07, 6.45) is -0.479. The number of nitrogens with zero attached hydrogens (tertiary/aromatic N) is 1. The minimum absolute atomic E-state index is 0.303. The van der Waals surface area contributed by atoms with E-state index in [4.69, 9.17) is 4.74 Å². The first kappa shape index (κ1) is 12.8. The average molecular weight is 224 g/mol. The fourth-order valence-electron chi connectivity index (χ4n) is 1.34. The quantitative estimate of drug-likeness (QED) is 0.747. The second-order valence-electron chi connectivity index (χ2n) is 3.91. The Balaban J connectivity index is 2.50. The molecule has 1 rings (SSSR count). The van der Waals surface area contributed by atoms with E-state index in [0.29, 0.717) is 13.2 Å². The molecule has 0 amide bonds. The van der Waals surface area contributed by atoms with E-state index in [1.807, 2.05) is 43.3 Å². The highest BCUT2D eigenvalue weighted by Gasteiger charge is 2.04. The van der Waals surface area contributed by atoms with Crippen LogP contribution >= 0.6 is 0 Å². The van der Waals surface area contributed by atoms with Crippen LogP contribution in [0.15, 0.2) is 24.3 Å². The lowest BCUT2D eigenvalue weighted by Crippen LogP contribution is -2.29. The number of rotatable bonds is 6. The largest absolute Gasteiger partial charge is 0.491 e. The van der Waals surface area contributed by atoms with Crippen LogP contribution in [-0.4, -0.2) is 45.5 Å². The molecule has 0 bridgehead atoms. The molecule has 1 atom stereocenters. The number of likely N-dealkylation sites (N-methyl/N-ethyl adjacent to an activating group) is 1. The van der Waals surface area contributed by atoms with Crippen LogP contribution in [0.5, 0.6) is 5.75 Å². The third-order valence-corrected chi connectivity index (χ3v) is 2.22. The maximum Gasteiger partial charge on any atom is 0.121 e. The van der Waals surface area contributed by atoms with Gasteiger partial charge in [-0.1, -0.05) is 6.07 Å². The Morgan fingerprint density at radius 2 is 2.19 bits per heavy atom. The third-order valence-electron chi connectivity index (χ3n) is 2.22. The number of anilines is 1. The van der Waals surface area contributed by atoms with Crippen molar-refractivity contribution in [1.82, 2.24) is 5.32 Å². The fraction of sp³-hybridized carbons (Fsp3) is 0.500. The van der Waals surface area contributed by atoms with Crippen LogP contribution < -0.4 is 15.0 Å². The van der Waals surface area contributed by atoms with Gasteiger partial charge in [0.1, 0.15) is 18.5 Å². The van der Waals surface area contributed by atoms with E-state index in [1.54, 1.807) is 7.05 Å². The van der Waals surface area contributed by atoms with Gasteiger partial charge in [0, 0.05) is 32.4 Å². The molecule has 1 unspecified atom stereocenters. The molecule has 0 spiro atoms. The molecule has 0 radical (unpaired) electrons. The molecule has 4 heteroatoms. The number of hydrogen-bond acceptors (Lipinski definition) is 4. The molecule has 90 valence electrons. The van der Waals surface area contributed by atoms with Gasteiger partial charge in [-0.2, -0.15) is 0 Å². The van der Waals surface area contributed by atoms with Crippen molar-refractivity contribution in [3.05, 3.63) is 24.3 Å². The van der Waals surface area contributed by atoms with E-state index in [2.05, 4.69) is 5.32 Å². The number of nitrogens with one attached hydrogen (secondary N) is 1. The van der Waals surface area contributed by atoms with Crippen molar-refractivity contribution < 1.29 is 9.84 Å². The van der Waals surface area contributed by atoms with Gasteiger partial charge in [-0.05, 0) is 19.2 Å². The number of benzene rings is 1. The molecular formula is C12H20N2O2. The predicted octanol–water partition coefficient (Wildman–Crippen LogP) is 0.712. The molecule has 0 saturated carbocycles. The van der Waals surface area contributed by atoms with Crippen molar-refractivity contribution >= 4 is 5.69 Å². The highest BCUT2D eigenvalue weighted by molar-refractivity contribution is 5.49. The van der Waals surface area contributed by atoms with Crippen molar-refractivity contribution in [3.8, 4) is 5.75 Å². The Bertz CT molecular complexity index is 316. The summed E-state index contributed by atoms with van der Waals surface area (Å²) in [7, 11) is 5.76. The van der Waals surface area contributed by atoms with E-state index in [9.17, 15) is 5.11 Å². The van der Waals surface area contributed by atoms with Gasteiger partial charge in [0.05, 0.1) is 0 Å². The molecule has 0 saturated heterocycles. The lowest BCUT2D eigenvalue weighted by atomic mass is 10.3. The van der Waals surface area contributed by atoms with Gasteiger partial charge in [-0.15, -0.1) is 0 Å². The first-order chi connectivity index (χ1) is 7.63. The van der Waals surface area contributed by atoms with Crippen LogP contribution in [0.2, 0.25) is 0 Å². The van der Waals surface area contributed by atoms with Gasteiger partial charge in [0.2, 0.25) is 0 Å². The Morgan fingerprint density at radius 1 is 1.44 bits per heavy atom. The summed E-state index contributed by atoms with van der Waals surface area (Å²) >= 11 is 0. The maximum absolute atomic E-state index is 9.49. The summed E-state index contributed by atoms with van der Waals surface area (Å²) in [5.74, 6) is 0.779. The Hall–Kier alpha value is -1.26. The van der Waals surface area contributed by atoms with Crippen LogP contribution in [0, 0.1) is 0 Å². The number of aliphatic hydroxyl groups excluding tert-OH is 1. The summed E-state index contributed by atoms with van der Waals surface area (Å²) in [5, 5.41) is 12.4. The normalized spacial score (nSPS) is 12.2. The van der Waals surface area contributed by atoms with Gasteiger partial charge in [0.15, 0.2) is 0 Å². The molecule has 1 aromatic rings. The van der Waals surface area contributed by atoms with Crippen molar-refractivity contribution in [3.63, 3.8) is 0 Å². The molecular weight excluding hydrogens is 204 g/mol. The smallest absolute Gasteiger partial charge is 0.121 e. The Kier molecular flexibility index (Phi) is 5.08. The van der Waals surface area contributed by atoms with Gasteiger partial charge >= 0.3 is 0 Å². The molecule has 0 aliphatic carbocycles. The zero-order valence-electron chi connectivity index (χ0n) is 10.1. The summed E-state index contributed by atoms with van der Waals surface area (Å²) in [4.78, 5) is 2.01. The first-order valence-electron chi connectivity index (χ1n) is 5.36. The minimum Gasteiger partial charge on any atom is -0.491 e. The summed E-state index contributed by atoms with van der Waals surface area (Å²) in [6.45, 7) is 0.838. The van der Waals surface area contributed by atoms with Gasteiger partial charge in [-0.25, -0.2) is 0 Å². The van der Waals surface area contributed by atoms with E-state index >= 15 is 0 Å². The van der Waals surface area contributed by atoms with E-state index in [0.717, 1.165) is 11.4 Å². The molecule has 0 aliphatic rings. The maximum atomic E-state index is 9.49. The van der Waals surface area contributed by atoms with Gasteiger partial charge < -0.3 is 20.1 Å². The predicted molar refractivity (Wildman–Crippen MR) is 66.2 cm³/mol. The van der Waals surface area contributed by atoms with Crippen LogP contribution in [0.4, 0.5) is 5.69 Å². The Morgan fingerprint density at radius 3 is 2.81 bits per heavy atom. The Labute approximate surface area is 96.8 Å². The van der Waals surface area contributed by atoms with Crippen LogP contribution in [-0.2, 0) is 0 Å². The molecule has 0 fully saturated rings. The zero-order chi connectivity index (χ0) is 12.0. The first-order valence-corrected chi connectivity index (χ1v) is 5.36. The topological polar surface area (TPSA) is 44.7 Å². The van der Waals surface area contributed by atoms with Gasteiger partial charge in [-0.3, -0.25) is 0 Å². The zero-order valence-corrected chi connectivity index (χ0v) is 10.1. The molecule has 0 heterocycles. The van der Waals surface area contributed by atoms with Crippen molar-refractivity contribution in [1.29, 1.82) is 0 Å². The molecule has 2 N–H and O–H groups in total. The second kappa shape index (κ2) is 6.35. The van der Waals surface area contributed by atoms with E-state index in [-0.39, 0.29) is 0 Å². The number of ether oxygens (including phenoxy) is 1. The lowest BCUT2D eigenvalue weighted by Gasteiger charge is -2.15. The standard InChI is InChI=1S/C12H20N2O2/c1-13-8-11(15)9-16-12-6-4-5-10(7-12)14(2)3/h4-7,11,13,15H,8-9H2,1-3H3. The van der Waals surface area contributed by atoms with Crippen molar-refractivity contribution in [2.24, 2.45) is 0 Å². The highest BCUT2D eigenvalue weighted by Crippen LogP contribution is 2.19. The molecule has 0 aromatic heterocycles. The third kappa shape index (κ3) is 4.08. The summed E-state index contributed by atoms with van der Waals surface area (Å²) in [5.41, 5.74) is 1.08. The summed E-state index contributed by atoms with van der Waals surface area (Å²) < 4.78 is 5.49. The SMILES string of the molecule is CNCC(O)COc1cccc(N(C)C)c1. The highest BCUT2D eigenvalue weighted by atomic mass is 16.5. The van der Waals surface area contributed by atoms with Crippen molar-refractivity contribution in [2.75, 3.05) is 39.2 Å². The summed E-state index contributed by atoms with van der Waals surface area (Å²) in [6, 6.07) is 7.79. The van der Waals surface area contributed by atoms with Crippen LogP contribution in [0.1, 0.15) is 0 Å². The molecule has 16 heavy (non-hydrogen) atoms. The molecule has 1 aromatic carbocycles. The monoisotopic (exact) mass is 224 g/mol. The van der Waals surface area contributed by atoms with Crippen LogP contribution in [0.3, 0.4) is 0 Å². The van der Waals surface area contributed by atoms with E-state index < -0.39 is 6.10 Å². The second-order valence-corrected chi connectivity index (χ2v) is 3.91. The number of aliphatic hydroxyl groups is 1. The van der Waals surface area contributed by atoms with Crippen molar-refractivity contribution in [2.45, 2.75) is 6.10 Å². The fourth-order valence-corrected chi connectivity index (χ4v) is 1.34. The lowest BCUT2D eigenvalue weighted by molar-refractivity contribution is 0.108. The minimum atomic E-state index is -0.479.